The third-order valence-corrected chi connectivity index (χ3v) is 5.84. The maximum atomic E-state index is 10.1. The molecular weight excluding hydrogens is 378 g/mol. The van der Waals surface area contributed by atoms with E-state index in [4.69, 9.17) is 11.6 Å². The van der Waals surface area contributed by atoms with Gasteiger partial charge in [0.1, 0.15) is 5.75 Å². The van der Waals surface area contributed by atoms with Crippen molar-refractivity contribution >= 4 is 33.4 Å². The van der Waals surface area contributed by atoms with Gasteiger partial charge in [0.2, 0.25) is 0 Å². The van der Waals surface area contributed by atoms with Crippen LogP contribution in [-0.4, -0.2) is 9.67 Å². The zero-order chi connectivity index (χ0) is 21.1. The number of phenols is 1. The molecule has 1 heterocycles. The normalized spacial score (nSPS) is 12.8. The van der Waals surface area contributed by atoms with Gasteiger partial charge in [-0.05, 0) is 58.4 Å². The molecule has 3 heteroatoms. The van der Waals surface area contributed by atoms with Crippen LogP contribution in [0.5, 0.6) is 5.75 Å². The fraction of sp³-hybridized carbons (Fsp3) is 0.308. The first-order chi connectivity index (χ1) is 13.4. The molecule has 0 aliphatic carbocycles. The zero-order valence-electron chi connectivity index (χ0n) is 18.0. The highest BCUT2D eigenvalue weighted by atomic mass is 35.5. The first-order valence-corrected chi connectivity index (χ1v) is 10.4. The molecule has 29 heavy (non-hydrogen) atoms. The number of aromatic nitrogens is 1. The number of nitrogens with zero attached hydrogens (tertiary/aromatic N) is 1. The molecule has 2 nitrogen and oxygen atoms in total. The van der Waals surface area contributed by atoms with E-state index in [2.05, 4.69) is 82.5 Å². The molecule has 4 rings (SSSR count). The Balaban J connectivity index is 2.14. The monoisotopic (exact) mass is 405 g/mol. The lowest BCUT2D eigenvalue weighted by Gasteiger charge is -2.19. The lowest BCUT2D eigenvalue weighted by atomic mass is 9.85. The zero-order valence-corrected chi connectivity index (χ0v) is 18.7. The molecule has 0 aliphatic rings. The summed E-state index contributed by atoms with van der Waals surface area (Å²) in [6.45, 7) is 13.4. The van der Waals surface area contributed by atoms with Gasteiger partial charge in [0.05, 0.1) is 16.7 Å². The summed E-state index contributed by atoms with van der Waals surface area (Å²) in [7, 11) is 0. The molecule has 150 valence electrons. The predicted molar refractivity (Wildman–Crippen MR) is 125 cm³/mol. The molecule has 0 amide bonds. The number of benzene rings is 3. The third-order valence-electron chi connectivity index (χ3n) is 5.62. The van der Waals surface area contributed by atoms with Crippen LogP contribution in [0.2, 0.25) is 5.02 Å². The van der Waals surface area contributed by atoms with E-state index in [0.29, 0.717) is 5.02 Å². The average Bonchev–Trinajstić information content (AvgIpc) is 2.92. The van der Waals surface area contributed by atoms with E-state index >= 15 is 0 Å². The minimum Gasteiger partial charge on any atom is -0.508 e. The second-order valence-corrected chi connectivity index (χ2v) is 10.4. The maximum Gasteiger partial charge on any atom is 0.119 e. The molecule has 0 spiro atoms. The van der Waals surface area contributed by atoms with Gasteiger partial charge in [-0.2, -0.15) is 0 Å². The first-order valence-electron chi connectivity index (χ1n) is 10.0. The number of hydrogen-bond donors (Lipinski definition) is 1. The quantitative estimate of drug-likeness (QED) is 0.344. The Morgan fingerprint density at radius 1 is 0.690 bits per heavy atom. The smallest absolute Gasteiger partial charge is 0.119 e. The lowest BCUT2D eigenvalue weighted by molar-refractivity contribution is 0.475. The number of halogens is 1. The minimum absolute atomic E-state index is 0.0680. The fourth-order valence-corrected chi connectivity index (χ4v) is 4.15. The van der Waals surface area contributed by atoms with Gasteiger partial charge in [0, 0.05) is 21.9 Å². The summed E-state index contributed by atoms with van der Waals surface area (Å²) in [4.78, 5) is 0. The van der Waals surface area contributed by atoms with E-state index in [1.165, 1.54) is 21.9 Å². The second kappa shape index (κ2) is 6.53. The van der Waals surface area contributed by atoms with Gasteiger partial charge in [0.15, 0.2) is 0 Å². The van der Waals surface area contributed by atoms with Crippen LogP contribution in [0.15, 0.2) is 54.6 Å². The van der Waals surface area contributed by atoms with Crippen LogP contribution >= 0.6 is 11.6 Å². The topological polar surface area (TPSA) is 25.2 Å². The summed E-state index contributed by atoms with van der Waals surface area (Å²) < 4.78 is 2.19. The van der Waals surface area contributed by atoms with E-state index in [1.807, 2.05) is 6.07 Å². The molecule has 4 aromatic rings. The molecule has 0 atom stereocenters. The maximum absolute atomic E-state index is 10.1. The fourth-order valence-electron chi connectivity index (χ4n) is 3.92. The van der Waals surface area contributed by atoms with Crippen molar-refractivity contribution in [1.82, 2.24) is 4.57 Å². The van der Waals surface area contributed by atoms with Crippen LogP contribution < -0.4 is 0 Å². The van der Waals surface area contributed by atoms with Crippen molar-refractivity contribution in [2.45, 2.75) is 52.4 Å². The molecule has 1 aromatic heterocycles. The van der Waals surface area contributed by atoms with Gasteiger partial charge >= 0.3 is 0 Å². The van der Waals surface area contributed by atoms with Crippen LogP contribution in [0.3, 0.4) is 0 Å². The van der Waals surface area contributed by atoms with Crippen molar-refractivity contribution in [2.24, 2.45) is 0 Å². The summed E-state index contributed by atoms with van der Waals surface area (Å²) in [6.07, 6.45) is 0. The van der Waals surface area contributed by atoms with Crippen molar-refractivity contribution in [1.29, 1.82) is 0 Å². The summed E-state index contributed by atoms with van der Waals surface area (Å²) in [5.41, 5.74) is 5.83. The van der Waals surface area contributed by atoms with E-state index < -0.39 is 0 Å². The Kier molecular flexibility index (Phi) is 4.47. The van der Waals surface area contributed by atoms with Gasteiger partial charge in [-0.1, -0.05) is 65.3 Å². The molecule has 0 radical (unpaired) electrons. The van der Waals surface area contributed by atoms with Gasteiger partial charge in [-0.15, -0.1) is 0 Å². The van der Waals surface area contributed by atoms with Gasteiger partial charge < -0.3 is 9.67 Å². The Morgan fingerprint density at radius 3 is 1.59 bits per heavy atom. The number of aromatic hydroxyl groups is 1. The van der Waals surface area contributed by atoms with E-state index in [1.54, 1.807) is 12.1 Å². The van der Waals surface area contributed by atoms with Crippen molar-refractivity contribution in [2.75, 3.05) is 0 Å². The molecule has 1 N–H and O–H groups in total. The Labute approximate surface area is 177 Å². The highest BCUT2D eigenvalue weighted by molar-refractivity contribution is 6.31. The van der Waals surface area contributed by atoms with Crippen LogP contribution in [0.25, 0.3) is 27.5 Å². The summed E-state index contributed by atoms with van der Waals surface area (Å²) in [5, 5.41) is 13.1. The molecule has 0 unspecified atom stereocenters. The van der Waals surface area contributed by atoms with Gasteiger partial charge in [-0.3, -0.25) is 0 Å². The molecule has 0 aliphatic heterocycles. The summed E-state index contributed by atoms with van der Waals surface area (Å²) >= 11 is 6.27. The van der Waals surface area contributed by atoms with E-state index in [9.17, 15) is 5.11 Å². The second-order valence-electron chi connectivity index (χ2n) is 9.97. The Morgan fingerprint density at radius 2 is 1.17 bits per heavy atom. The standard InChI is InChI=1S/C26H28ClNO/c1-25(2,3)16-7-9-23-21(11-16)22-12-17(26(4,5)6)8-10-24(22)28(23)19-13-18(27)14-20(29)15-19/h7-15,29H,1-6H3. The molecule has 0 saturated carbocycles. The van der Waals surface area contributed by atoms with Crippen molar-refractivity contribution in [3.63, 3.8) is 0 Å². The van der Waals surface area contributed by atoms with Crippen LogP contribution in [-0.2, 0) is 10.8 Å². The molecular formula is C26H28ClNO. The molecule has 0 bridgehead atoms. The van der Waals surface area contributed by atoms with Crippen molar-refractivity contribution < 1.29 is 5.11 Å². The number of hydrogen-bond acceptors (Lipinski definition) is 1. The molecule has 0 fully saturated rings. The van der Waals surface area contributed by atoms with Crippen LogP contribution in [0.1, 0.15) is 52.7 Å². The number of rotatable bonds is 1. The van der Waals surface area contributed by atoms with E-state index in [0.717, 1.165) is 16.7 Å². The van der Waals surface area contributed by atoms with Gasteiger partial charge in [0.25, 0.3) is 0 Å². The molecule has 3 aromatic carbocycles. The van der Waals surface area contributed by atoms with Crippen molar-refractivity contribution in [3.05, 3.63) is 70.7 Å². The number of phenolic OH excluding ortho intramolecular Hbond substituents is 1. The van der Waals surface area contributed by atoms with Crippen LogP contribution in [0, 0.1) is 0 Å². The highest BCUT2D eigenvalue weighted by Crippen LogP contribution is 2.38. The Hall–Kier alpha value is -2.45. The third kappa shape index (κ3) is 3.51. The van der Waals surface area contributed by atoms with E-state index in [-0.39, 0.29) is 16.6 Å². The summed E-state index contributed by atoms with van der Waals surface area (Å²) in [6, 6.07) is 18.6. The lowest BCUT2D eigenvalue weighted by Crippen LogP contribution is -2.10. The van der Waals surface area contributed by atoms with Crippen LogP contribution in [0.4, 0.5) is 0 Å². The number of fused-ring (bicyclic) bond motifs is 3. The summed E-state index contributed by atoms with van der Waals surface area (Å²) in [5.74, 6) is 0.167. The SMILES string of the molecule is CC(C)(C)c1ccc2c(c1)c1cc(C(C)(C)C)ccc1n2-c1cc(O)cc(Cl)c1. The van der Waals surface area contributed by atoms with Crippen molar-refractivity contribution in [3.8, 4) is 11.4 Å². The Bertz CT molecular complexity index is 1140. The minimum atomic E-state index is 0.0680. The predicted octanol–water partition coefficient (Wildman–Crippen LogP) is 7.74. The highest BCUT2D eigenvalue weighted by Gasteiger charge is 2.20. The first kappa shape index (κ1) is 19.8. The average molecular weight is 406 g/mol. The van der Waals surface area contributed by atoms with Gasteiger partial charge in [-0.25, -0.2) is 0 Å². The largest absolute Gasteiger partial charge is 0.508 e. The molecule has 0 saturated heterocycles.